The molecule has 0 saturated carbocycles. The molecule has 3 N–H and O–H groups in total. The van der Waals surface area contributed by atoms with Gasteiger partial charge in [-0.15, -0.1) is 0 Å². The van der Waals surface area contributed by atoms with Gasteiger partial charge in [0.25, 0.3) is 0 Å². The number of rotatable bonds is 1. The van der Waals surface area contributed by atoms with Crippen LogP contribution in [0.25, 0.3) is 21.9 Å². The van der Waals surface area contributed by atoms with Crippen molar-refractivity contribution in [2.45, 2.75) is 12.5 Å². The van der Waals surface area contributed by atoms with Crippen LogP contribution in [0.4, 0.5) is 0 Å². The molecule has 1 aliphatic rings. The molecule has 5 nitrogen and oxygen atoms in total. The van der Waals surface area contributed by atoms with Crippen LogP contribution in [-0.2, 0) is 6.42 Å². The zero-order chi connectivity index (χ0) is 17.0. The van der Waals surface area contributed by atoms with Gasteiger partial charge in [0.2, 0.25) is 0 Å². The molecule has 4 aromatic rings. The molecule has 5 rings (SSSR count). The van der Waals surface area contributed by atoms with Gasteiger partial charge >= 0.3 is 5.63 Å². The van der Waals surface area contributed by atoms with E-state index in [1.54, 1.807) is 12.1 Å². The summed E-state index contributed by atoms with van der Waals surface area (Å²) in [7, 11) is 0. The summed E-state index contributed by atoms with van der Waals surface area (Å²) in [6, 6.07) is 14.6. The first-order valence-corrected chi connectivity index (χ1v) is 8.30. The minimum atomic E-state index is -0.418. The molecule has 1 aliphatic heterocycles. The molecule has 1 atom stereocenters. The summed E-state index contributed by atoms with van der Waals surface area (Å²) in [5.74, 6) is 0.0794. The molecule has 2 aromatic carbocycles. The van der Waals surface area contributed by atoms with Crippen LogP contribution in [0.2, 0.25) is 0 Å². The van der Waals surface area contributed by atoms with Gasteiger partial charge in [-0.3, -0.25) is 0 Å². The molecule has 0 fully saturated rings. The predicted molar refractivity (Wildman–Crippen MR) is 96.0 cm³/mol. The average Bonchev–Trinajstić information content (AvgIpc) is 2.99. The van der Waals surface area contributed by atoms with E-state index >= 15 is 0 Å². The molecule has 0 bridgehead atoms. The van der Waals surface area contributed by atoms with Crippen molar-refractivity contribution in [1.82, 2.24) is 10.3 Å². The van der Waals surface area contributed by atoms with Crippen LogP contribution in [0.5, 0.6) is 5.75 Å². The highest BCUT2D eigenvalue weighted by molar-refractivity contribution is 5.87. The molecule has 3 heterocycles. The lowest BCUT2D eigenvalue weighted by Crippen LogP contribution is -2.31. The van der Waals surface area contributed by atoms with E-state index in [1.165, 1.54) is 23.1 Å². The highest BCUT2D eigenvalue weighted by Crippen LogP contribution is 2.36. The number of fused-ring (bicyclic) bond motifs is 4. The number of benzene rings is 2. The van der Waals surface area contributed by atoms with E-state index in [0.717, 1.165) is 35.1 Å². The van der Waals surface area contributed by atoms with Crippen molar-refractivity contribution in [2.24, 2.45) is 0 Å². The summed E-state index contributed by atoms with van der Waals surface area (Å²) >= 11 is 0. The quantitative estimate of drug-likeness (QED) is 0.468. The maximum atomic E-state index is 12.1. The zero-order valence-electron chi connectivity index (χ0n) is 13.4. The van der Waals surface area contributed by atoms with Crippen LogP contribution in [0.15, 0.2) is 57.7 Å². The Morgan fingerprint density at radius 2 is 1.96 bits per heavy atom. The second-order valence-electron chi connectivity index (χ2n) is 6.40. The molecule has 25 heavy (non-hydrogen) atoms. The monoisotopic (exact) mass is 332 g/mol. The van der Waals surface area contributed by atoms with Crippen molar-refractivity contribution in [3.05, 3.63) is 75.8 Å². The summed E-state index contributed by atoms with van der Waals surface area (Å²) in [5, 5.41) is 15.3. The second kappa shape index (κ2) is 5.22. The summed E-state index contributed by atoms with van der Waals surface area (Å²) in [5.41, 5.74) is 4.32. The van der Waals surface area contributed by atoms with Gasteiger partial charge in [0.1, 0.15) is 11.3 Å². The third-order valence-electron chi connectivity index (χ3n) is 4.93. The number of aromatic nitrogens is 1. The fourth-order valence-corrected chi connectivity index (χ4v) is 3.86. The summed E-state index contributed by atoms with van der Waals surface area (Å²) in [4.78, 5) is 15.6. The van der Waals surface area contributed by atoms with Gasteiger partial charge in [0, 0.05) is 40.7 Å². The molecule has 0 spiro atoms. The maximum Gasteiger partial charge on any atom is 0.336 e. The van der Waals surface area contributed by atoms with Crippen molar-refractivity contribution < 1.29 is 9.52 Å². The lowest BCUT2D eigenvalue weighted by Gasteiger charge is -2.25. The van der Waals surface area contributed by atoms with Crippen molar-refractivity contribution >= 4 is 21.9 Å². The highest BCUT2D eigenvalue weighted by Gasteiger charge is 2.27. The minimum Gasteiger partial charge on any atom is -0.508 e. The Morgan fingerprint density at radius 1 is 1.08 bits per heavy atom. The second-order valence-corrected chi connectivity index (χ2v) is 6.40. The largest absolute Gasteiger partial charge is 0.508 e. The third-order valence-corrected chi connectivity index (χ3v) is 4.93. The Hall–Kier alpha value is -3.05. The van der Waals surface area contributed by atoms with Crippen LogP contribution in [0.1, 0.15) is 22.9 Å². The maximum absolute atomic E-state index is 12.1. The predicted octanol–water partition coefficient (Wildman–Crippen LogP) is 3.22. The molecule has 124 valence electrons. The molecule has 0 aliphatic carbocycles. The number of aromatic amines is 1. The van der Waals surface area contributed by atoms with Gasteiger partial charge in [0.15, 0.2) is 0 Å². The minimum absolute atomic E-state index is 0.0794. The fourth-order valence-electron chi connectivity index (χ4n) is 3.86. The lowest BCUT2D eigenvalue weighted by molar-refractivity contribution is 0.472. The van der Waals surface area contributed by atoms with Crippen molar-refractivity contribution in [3.8, 4) is 5.75 Å². The SMILES string of the molecule is O=c1cc(C2NCCc3c2[nH]c2ccccc32)c2ccc(O)cc2o1. The Balaban J connectivity index is 1.79. The van der Waals surface area contributed by atoms with Gasteiger partial charge in [-0.2, -0.15) is 0 Å². The van der Waals surface area contributed by atoms with Crippen LogP contribution >= 0.6 is 0 Å². The zero-order valence-corrected chi connectivity index (χ0v) is 13.4. The first-order valence-electron chi connectivity index (χ1n) is 8.30. The number of nitrogens with one attached hydrogen (secondary N) is 2. The first kappa shape index (κ1) is 14.3. The number of aromatic hydroxyl groups is 1. The molecule has 0 amide bonds. The number of H-pyrrole nitrogens is 1. The van der Waals surface area contributed by atoms with E-state index in [1.807, 2.05) is 12.1 Å². The lowest BCUT2D eigenvalue weighted by atomic mass is 9.93. The Bertz CT molecular complexity index is 1170. The summed E-state index contributed by atoms with van der Waals surface area (Å²) < 4.78 is 5.27. The van der Waals surface area contributed by atoms with Gasteiger partial charge in [-0.05, 0) is 35.7 Å². The fraction of sp³-hybridized carbons (Fsp3) is 0.150. The smallest absolute Gasteiger partial charge is 0.336 e. The Morgan fingerprint density at radius 3 is 2.88 bits per heavy atom. The molecular formula is C20H16N2O3. The summed E-state index contributed by atoms with van der Waals surface area (Å²) in [6.45, 7) is 0.833. The van der Waals surface area contributed by atoms with E-state index in [2.05, 4.69) is 22.4 Å². The van der Waals surface area contributed by atoms with E-state index in [4.69, 9.17) is 4.42 Å². The van der Waals surface area contributed by atoms with Crippen LogP contribution in [0.3, 0.4) is 0 Å². The van der Waals surface area contributed by atoms with Crippen molar-refractivity contribution in [3.63, 3.8) is 0 Å². The molecule has 5 heteroatoms. The molecule has 2 aromatic heterocycles. The van der Waals surface area contributed by atoms with Gasteiger partial charge in [-0.1, -0.05) is 18.2 Å². The van der Waals surface area contributed by atoms with E-state index < -0.39 is 5.63 Å². The van der Waals surface area contributed by atoms with E-state index in [0.29, 0.717) is 5.58 Å². The van der Waals surface area contributed by atoms with Crippen molar-refractivity contribution in [2.75, 3.05) is 6.54 Å². The molecular weight excluding hydrogens is 316 g/mol. The van der Waals surface area contributed by atoms with Crippen LogP contribution in [-0.4, -0.2) is 16.6 Å². The molecule has 0 saturated heterocycles. The Kier molecular flexibility index (Phi) is 2.99. The van der Waals surface area contributed by atoms with Crippen molar-refractivity contribution in [1.29, 1.82) is 0 Å². The van der Waals surface area contributed by atoms with E-state index in [-0.39, 0.29) is 11.8 Å². The number of hydrogen-bond donors (Lipinski definition) is 3. The number of phenolic OH excluding ortho intramolecular Hbond substituents is 1. The van der Waals surface area contributed by atoms with Gasteiger partial charge in [0.05, 0.1) is 6.04 Å². The van der Waals surface area contributed by atoms with E-state index in [9.17, 15) is 9.90 Å². The average molecular weight is 332 g/mol. The Labute approximate surface area is 142 Å². The van der Waals surface area contributed by atoms with Gasteiger partial charge in [-0.25, -0.2) is 4.79 Å². The van der Waals surface area contributed by atoms with Crippen LogP contribution in [0, 0.1) is 0 Å². The standard InChI is InChI=1S/C20H16N2O3/c23-11-5-6-13-15(10-18(24)25-17(13)9-11)19-20-14(7-8-21-19)12-3-1-2-4-16(12)22-20/h1-6,9-10,19,21-23H,7-8H2. The number of para-hydroxylation sites is 1. The molecule has 0 radical (unpaired) electrons. The van der Waals surface area contributed by atoms with Gasteiger partial charge < -0.3 is 19.8 Å². The summed E-state index contributed by atoms with van der Waals surface area (Å²) in [6.07, 6.45) is 0.940. The number of phenols is 1. The molecule has 1 unspecified atom stereocenters. The van der Waals surface area contributed by atoms with Crippen LogP contribution < -0.4 is 10.9 Å². The highest BCUT2D eigenvalue weighted by atomic mass is 16.4. The normalized spacial score (nSPS) is 17.0. The number of hydrogen-bond acceptors (Lipinski definition) is 4. The topological polar surface area (TPSA) is 78.3 Å². The first-order chi connectivity index (χ1) is 12.2. The third kappa shape index (κ3) is 2.16.